The number of benzene rings is 1. The van der Waals surface area contributed by atoms with Crippen LogP contribution in [0.5, 0.6) is 0 Å². The molecule has 0 saturated carbocycles. The number of pyridine rings is 1. The molecular weight excluding hydrogens is 264 g/mol. The van der Waals surface area contributed by atoms with Gasteiger partial charge in [0.05, 0.1) is 5.52 Å². The van der Waals surface area contributed by atoms with Gasteiger partial charge in [0.15, 0.2) is 5.69 Å². The fraction of sp³-hybridized carbons (Fsp3) is 0.412. The van der Waals surface area contributed by atoms with Gasteiger partial charge in [0.2, 0.25) is 0 Å². The molecule has 4 nitrogen and oxygen atoms in total. The second-order valence-electron chi connectivity index (χ2n) is 6.00. The summed E-state index contributed by atoms with van der Waals surface area (Å²) in [6.07, 6.45) is 2.32. The summed E-state index contributed by atoms with van der Waals surface area (Å²) in [5.41, 5.74) is 1.88. The van der Waals surface area contributed by atoms with Crippen molar-refractivity contribution in [2.75, 3.05) is 11.4 Å². The van der Waals surface area contributed by atoms with Gasteiger partial charge >= 0.3 is 5.97 Å². The summed E-state index contributed by atoms with van der Waals surface area (Å²) < 4.78 is 0. The molecule has 0 spiro atoms. The Morgan fingerprint density at radius 3 is 2.86 bits per heavy atom. The second kappa shape index (κ2) is 5.35. The molecular formula is C17H20N2O2. The maximum atomic E-state index is 11.3. The van der Waals surface area contributed by atoms with Gasteiger partial charge in [0.25, 0.3) is 0 Å². The van der Waals surface area contributed by atoms with Crippen LogP contribution in [0.25, 0.3) is 10.9 Å². The highest BCUT2D eigenvalue weighted by Crippen LogP contribution is 2.34. The van der Waals surface area contributed by atoms with E-state index in [1.54, 1.807) is 6.07 Å². The zero-order chi connectivity index (χ0) is 15.0. The third-order valence-electron chi connectivity index (χ3n) is 4.29. The van der Waals surface area contributed by atoms with E-state index in [9.17, 15) is 9.90 Å². The van der Waals surface area contributed by atoms with Crippen molar-refractivity contribution < 1.29 is 9.90 Å². The zero-order valence-corrected chi connectivity index (χ0v) is 12.4. The van der Waals surface area contributed by atoms with Crippen LogP contribution in [-0.4, -0.2) is 28.6 Å². The Kier molecular flexibility index (Phi) is 3.53. The summed E-state index contributed by atoms with van der Waals surface area (Å²) in [4.78, 5) is 18.0. The Hall–Kier alpha value is -2.10. The number of aromatic nitrogens is 1. The lowest BCUT2D eigenvalue weighted by atomic mass is 10.0. The summed E-state index contributed by atoms with van der Waals surface area (Å²) >= 11 is 0. The highest BCUT2D eigenvalue weighted by Gasteiger charge is 2.29. The number of carbonyl (C=O) groups is 1. The summed E-state index contributed by atoms with van der Waals surface area (Å²) in [6, 6.07) is 9.98. The molecule has 3 rings (SSSR count). The van der Waals surface area contributed by atoms with Crippen LogP contribution in [0.15, 0.2) is 30.3 Å². The van der Waals surface area contributed by atoms with Gasteiger partial charge < -0.3 is 10.0 Å². The van der Waals surface area contributed by atoms with Crippen LogP contribution >= 0.6 is 0 Å². The minimum Gasteiger partial charge on any atom is -0.477 e. The number of hydrogen-bond donors (Lipinski definition) is 1. The molecule has 1 aliphatic rings. The lowest BCUT2D eigenvalue weighted by molar-refractivity contribution is 0.0691. The van der Waals surface area contributed by atoms with E-state index < -0.39 is 5.97 Å². The molecule has 0 amide bonds. The maximum Gasteiger partial charge on any atom is 0.354 e. The number of nitrogens with zero attached hydrogens (tertiary/aromatic N) is 2. The molecule has 0 radical (unpaired) electrons. The van der Waals surface area contributed by atoms with Gasteiger partial charge in [-0.15, -0.1) is 0 Å². The number of fused-ring (bicyclic) bond motifs is 1. The van der Waals surface area contributed by atoms with Crippen LogP contribution in [0.2, 0.25) is 0 Å². The molecule has 2 aromatic rings. The first kappa shape index (κ1) is 13.9. The first-order valence-corrected chi connectivity index (χ1v) is 7.47. The van der Waals surface area contributed by atoms with Crippen molar-refractivity contribution in [3.8, 4) is 0 Å². The summed E-state index contributed by atoms with van der Waals surface area (Å²) in [5.74, 6) is -0.421. The van der Waals surface area contributed by atoms with Crippen molar-refractivity contribution in [3.05, 3.63) is 36.0 Å². The largest absolute Gasteiger partial charge is 0.477 e. The molecule has 0 aliphatic carbocycles. The van der Waals surface area contributed by atoms with Gasteiger partial charge in [0.1, 0.15) is 0 Å². The lowest BCUT2D eigenvalue weighted by Gasteiger charge is -2.30. The first-order valence-electron chi connectivity index (χ1n) is 7.47. The van der Waals surface area contributed by atoms with Gasteiger partial charge in [-0.3, -0.25) is 0 Å². The smallest absolute Gasteiger partial charge is 0.354 e. The molecule has 1 aliphatic heterocycles. The molecule has 110 valence electrons. The minimum absolute atomic E-state index is 0.123. The van der Waals surface area contributed by atoms with E-state index in [2.05, 4.69) is 23.7 Å². The Morgan fingerprint density at radius 2 is 2.14 bits per heavy atom. The van der Waals surface area contributed by atoms with Gasteiger partial charge in [-0.05, 0) is 30.9 Å². The number of para-hydroxylation sites is 1. The van der Waals surface area contributed by atoms with Crippen molar-refractivity contribution in [3.63, 3.8) is 0 Å². The minimum atomic E-state index is -0.970. The van der Waals surface area contributed by atoms with Gasteiger partial charge in [-0.2, -0.15) is 0 Å². The topological polar surface area (TPSA) is 53.4 Å². The van der Waals surface area contributed by atoms with Crippen LogP contribution in [0.3, 0.4) is 0 Å². The number of rotatable bonds is 3. The van der Waals surface area contributed by atoms with E-state index in [1.165, 1.54) is 0 Å². The monoisotopic (exact) mass is 284 g/mol. The SMILES string of the molecule is CC(C)C1CCCN1c1cc(C(=O)O)nc2ccccc12. The number of carboxylic acids is 1. The quantitative estimate of drug-likeness (QED) is 0.936. The number of carboxylic acid groups (broad SMARTS) is 1. The molecule has 21 heavy (non-hydrogen) atoms. The van der Waals surface area contributed by atoms with Crippen molar-refractivity contribution in [2.24, 2.45) is 5.92 Å². The zero-order valence-electron chi connectivity index (χ0n) is 12.4. The molecule has 0 bridgehead atoms. The van der Waals surface area contributed by atoms with Gasteiger partial charge in [0, 0.05) is 23.7 Å². The van der Waals surface area contributed by atoms with Crippen molar-refractivity contribution in [2.45, 2.75) is 32.7 Å². The van der Waals surface area contributed by atoms with Crippen LogP contribution in [0, 0.1) is 5.92 Å². The number of hydrogen-bond acceptors (Lipinski definition) is 3. The van der Waals surface area contributed by atoms with Crippen LogP contribution < -0.4 is 4.90 Å². The van der Waals surface area contributed by atoms with Crippen LogP contribution in [0.1, 0.15) is 37.2 Å². The van der Waals surface area contributed by atoms with E-state index in [0.717, 1.165) is 36.0 Å². The highest BCUT2D eigenvalue weighted by molar-refractivity contribution is 5.97. The third kappa shape index (κ3) is 2.46. The lowest BCUT2D eigenvalue weighted by Crippen LogP contribution is -2.33. The average Bonchev–Trinajstić information content (AvgIpc) is 2.95. The molecule has 1 fully saturated rings. The Morgan fingerprint density at radius 1 is 1.38 bits per heavy atom. The Bertz CT molecular complexity index is 682. The Labute approximate surface area is 124 Å². The molecule has 4 heteroatoms. The standard InChI is InChI=1S/C17H20N2O2/c1-11(2)15-8-5-9-19(15)16-10-14(17(20)21)18-13-7-4-3-6-12(13)16/h3-4,6-7,10-11,15H,5,8-9H2,1-2H3,(H,20,21). The molecule has 1 atom stereocenters. The summed E-state index contributed by atoms with van der Waals surface area (Å²) in [6.45, 7) is 5.44. The predicted octanol–water partition coefficient (Wildman–Crippen LogP) is 3.56. The molecule has 1 unspecified atom stereocenters. The number of anilines is 1. The molecule has 1 aromatic heterocycles. The molecule has 1 N–H and O–H groups in total. The fourth-order valence-electron chi connectivity index (χ4n) is 3.29. The molecule has 2 heterocycles. The maximum absolute atomic E-state index is 11.3. The van der Waals surface area contributed by atoms with Crippen LogP contribution in [-0.2, 0) is 0 Å². The van der Waals surface area contributed by atoms with Gasteiger partial charge in [-0.1, -0.05) is 32.0 Å². The van der Waals surface area contributed by atoms with E-state index in [-0.39, 0.29) is 5.69 Å². The average molecular weight is 284 g/mol. The van der Waals surface area contributed by atoms with Crippen molar-refractivity contribution in [1.29, 1.82) is 0 Å². The van der Waals surface area contributed by atoms with E-state index >= 15 is 0 Å². The van der Waals surface area contributed by atoms with E-state index in [0.29, 0.717) is 12.0 Å². The first-order chi connectivity index (χ1) is 10.1. The van der Waals surface area contributed by atoms with Gasteiger partial charge in [-0.25, -0.2) is 9.78 Å². The van der Waals surface area contributed by atoms with E-state index in [1.807, 2.05) is 24.3 Å². The second-order valence-corrected chi connectivity index (χ2v) is 6.00. The van der Waals surface area contributed by atoms with Crippen LogP contribution in [0.4, 0.5) is 5.69 Å². The number of aromatic carboxylic acids is 1. The predicted molar refractivity (Wildman–Crippen MR) is 83.9 cm³/mol. The third-order valence-corrected chi connectivity index (χ3v) is 4.29. The normalized spacial score (nSPS) is 18.6. The molecule has 1 aromatic carbocycles. The Balaban J connectivity index is 2.18. The summed E-state index contributed by atoms with van der Waals surface area (Å²) in [7, 11) is 0. The fourth-order valence-corrected chi connectivity index (χ4v) is 3.29. The van der Waals surface area contributed by atoms with E-state index in [4.69, 9.17) is 0 Å². The summed E-state index contributed by atoms with van der Waals surface area (Å²) in [5, 5.41) is 10.3. The highest BCUT2D eigenvalue weighted by atomic mass is 16.4. The van der Waals surface area contributed by atoms with Crippen molar-refractivity contribution in [1.82, 2.24) is 4.98 Å². The molecule has 1 saturated heterocycles. The van der Waals surface area contributed by atoms with Crippen molar-refractivity contribution >= 4 is 22.6 Å².